The van der Waals surface area contributed by atoms with Crippen LogP contribution >= 0.6 is 23.5 Å². The zero-order valence-electron chi connectivity index (χ0n) is 14.0. The van der Waals surface area contributed by atoms with Gasteiger partial charge in [0.15, 0.2) is 0 Å². The monoisotopic (exact) mass is 352 g/mol. The molecule has 3 nitrogen and oxygen atoms in total. The molecule has 1 aliphatic heterocycles. The van der Waals surface area contributed by atoms with Crippen LogP contribution in [0.4, 0.5) is 0 Å². The summed E-state index contributed by atoms with van der Waals surface area (Å²) in [5.41, 5.74) is 8.89. The number of hydrogen-bond donors (Lipinski definition) is 2. The van der Waals surface area contributed by atoms with Gasteiger partial charge in [0.2, 0.25) is 0 Å². The molecule has 1 atom stereocenters. The van der Waals surface area contributed by atoms with Gasteiger partial charge in [-0.3, -0.25) is 15.6 Å². The minimum atomic E-state index is 0.306. The summed E-state index contributed by atoms with van der Waals surface area (Å²) in [6.07, 6.45) is 4.32. The van der Waals surface area contributed by atoms with Crippen molar-refractivity contribution in [2.45, 2.75) is 49.4 Å². The zero-order valence-corrected chi connectivity index (χ0v) is 15.6. The van der Waals surface area contributed by atoms with Gasteiger partial charge in [-0.25, -0.2) is 0 Å². The van der Waals surface area contributed by atoms with Crippen LogP contribution in [0.15, 0.2) is 24.3 Å². The van der Waals surface area contributed by atoms with E-state index in [0.29, 0.717) is 24.0 Å². The highest BCUT2D eigenvalue weighted by atomic mass is 32.2. The fourth-order valence-electron chi connectivity index (χ4n) is 2.66. The van der Waals surface area contributed by atoms with E-state index in [1.807, 2.05) is 30.4 Å². The largest absolute Gasteiger partial charge is 0.298 e. The average molecular weight is 353 g/mol. The predicted octanol–water partition coefficient (Wildman–Crippen LogP) is 3.78. The highest BCUT2D eigenvalue weighted by molar-refractivity contribution is 7.99. The Morgan fingerprint density at radius 3 is 2.74 bits per heavy atom. The van der Waals surface area contributed by atoms with E-state index in [1.54, 1.807) is 0 Å². The van der Waals surface area contributed by atoms with Crippen LogP contribution in [0.2, 0.25) is 0 Å². The topological polar surface area (TPSA) is 41.1 Å². The fourth-order valence-corrected chi connectivity index (χ4v) is 5.05. The predicted molar refractivity (Wildman–Crippen MR) is 103 cm³/mol. The number of carbonyl (C=O) groups is 1. The standard InChI is InChI=1S/C18H28N2OS2/c1-2-19-20-12-17(21)11-18-9-5-6-10-22-13-15-7-3-4-8-16(15)14-23-18/h3-4,7-8,18-20H,2,5-6,9-14H2,1H3. The molecule has 1 aliphatic rings. The first kappa shape index (κ1) is 18.8. The molecule has 2 N–H and O–H groups in total. The normalized spacial score (nSPS) is 19.6. The van der Waals surface area contributed by atoms with Crippen LogP contribution in [0.1, 0.15) is 43.7 Å². The van der Waals surface area contributed by atoms with E-state index in [2.05, 4.69) is 35.1 Å². The fraction of sp³-hybridized carbons (Fsp3) is 0.611. The van der Waals surface area contributed by atoms with E-state index in [0.717, 1.165) is 24.5 Å². The van der Waals surface area contributed by atoms with Gasteiger partial charge in [0.25, 0.3) is 0 Å². The first-order valence-corrected chi connectivity index (χ1v) is 10.7. The van der Waals surface area contributed by atoms with Gasteiger partial charge in [0.1, 0.15) is 5.78 Å². The van der Waals surface area contributed by atoms with Crippen molar-refractivity contribution in [1.82, 2.24) is 10.9 Å². The third kappa shape index (κ3) is 7.29. The van der Waals surface area contributed by atoms with E-state index in [9.17, 15) is 4.79 Å². The Labute approximate surface area is 148 Å². The van der Waals surface area contributed by atoms with Gasteiger partial charge in [-0.15, -0.1) is 0 Å². The Balaban J connectivity index is 1.91. The minimum absolute atomic E-state index is 0.306. The summed E-state index contributed by atoms with van der Waals surface area (Å²) < 4.78 is 0. The quantitative estimate of drug-likeness (QED) is 0.602. The molecular formula is C18H28N2OS2. The van der Waals surface area contributed by atoms with Crippen molar-refractivity contribution in [3.8, 4) is 0 Å². The Hall–Kier alpha value is -0.490. The van der Waals surface area contributed by atoms with Crippen molar-refractivity contribution >= 4 is 29.3 Å². The lowest BCUT2D eigenvalue weighted by Crippen LogP contribution is -2.36. The average Bonchev–Trinajstić information content (AvgIpc) is 2.60. The van der Waals surface area contributed by atoms with Crippen molar-refractivity contribution in [1.29, 1.82) is 0 Å². The smallest absolute Gasteiger partial charge is 0.149 e. The summed E-state index contributed by atoms with van der Waals surface area (Å²) in [6, 6.07) is 8.76. The summed E-state index contributed by atoms with van der Waals surface area (Å²) in [5, 5.41) is 0.446. The molecule has 5 heteroatoms. The number of ketones is 1. The highest BCUT2D eigenvalue weighted by Gasteiger charge is 2.16. The molecule has 0 spiro atoms. The molecule has 1 aromatic carbocycles. The molecule has 0 saturated carbocycles. The van der Waals surface area contributed by atoms with Crippen molar-refractivity contribution < 1.29 is 4.79 Å². The molecule has 1 unspecified atom stereocenters. The van der Waals surface area contributed by atoms with Crippen LogP contribution in [-0.2, 0) is 16.3 Å². The first-order chi connectivity index (χ1) is 11.3. The van der Waals surface area contributed by atoms with Gasteiger partial charge in [0, 0.05) is 29.7 Å². The van der Waals surface area contributed by atoms with Crippen LogP contribution in [0.5, 0.6) is 0 Å². The Morgan fingerprint density at radius 2 is 1.96 bits per heavy atom. The Kier molecular flexibility index (Phi) is 9.12. The molecule has 0 bridgehead atoms. The number of Topliss-reactive ketones (excluding diaryl/α,β-unsaturated/α-hetero) is 1. The maximum Gasteiger partial charge on any atom is 0.149 e. The van der Waals surface area contributed by atoms with Crippen molar-refractivity contribution in [2.75, 3.05) is 18.8 Å². The van der Waals surface area contributed by atoms with Gasteiger partial charge in [0.05, 0.1) is 6.54 Å². The maximum absolute atomic E-state index is 12.1. The second kappa shape index (κ2) is 11.1. The summed E-state index contributed by atoms with van der Waals surface area (Å²) in [5.74, 6) is 3.67. The molecule has 1 heterocycles. The van der Waals surface area contributed by atoms with Gasteiger partial charge >= 0.3 is 0 Å². The number of carbonyl (C=O) groups excluding carboxylic acids is 1. The molecule has 0 amide bonds. The van der Waals surface area contributed by atoms with E-state index < -0.39 is 0 Å². The summed E-state index contributed by atoms with van der Waals surface area (Å²) >= 11 is 4.00. The van der Waals surface area contributed by atoms with Crippen LogP contribution in [0, 0.1) is 0 Å². The van der Waals surface area contributed by atoms with Crippen LogP contribution in [0.3, 0.4) is 0 Å². The molecule has 0 radical (unpaired) electrons. The van der Waals surface area contributed by atoms with Crippen LogP contribution in [-0.4, -0.2) is 29.9 Å². The lowest BCUT2D eigenvalue weighted by molar-refractivity contribution is -0.118. The third-order valence-electron chi connectivity index (χ3n) is 3.96. The molecule has 2 rings (SSSR count). The number of benzene rings is 1. The van der Waals surface area contributed by atoms with Crippen LogP contribution < -0.4 is 10.9 Å². The Morgan fingerprint density at radius 1 is 1.17 bits per heavy atom. The number of hydrazine groups is 1. The molecule has 0 aromatic heterocycles. The number of fused-ring (bicyclic) bond motifs is 1. The summed E-state index contributed by atoms with van der Waals surface area (Å²) in [6.45, 7) is 3.28. The number of hydrogen-bond acceptors (Lipinski definition) is 5. The zero-order chi connectivity index (χ0) is 16.3. The SMILES string of the molecule is CCNNCC(=O)CC1CCCCSCc2ccccc2CS1. The third-order valence-corrected chi connectivity index (χ3v) is 6.40. The molecule has 128 valence electrons. The van der Waals surface area contributed by atoms with Crippen molar-refractivity contribution in [3.05, 3.63) is 35.4 Å². The molecule has 0 aliphatic carbocycles. The molecule has 0 saturated heterocycles. The molecule has 23 heavy (non-hydrogen) atoms. The molecular weight excluding hydrogens is 324 g/mol. The van der Waals surface area contributed by atoms with Gasteiger partial charge < -0.3 is 0 Å². The number of rotatable bonds is 6. The first-order valence-electron chi connectivity index (χ1n) is 8.53. The number of thioether (sulfide) groups is 2. The van der Waals surface area contributed by atoms with Crippen molar-refractivity contribution in [3.63, 3.8) is 0 Å². The van der Waals surface area contributed by atoms with Gasteiger partial charge in [-0.05, 0) is 29.7 Å². The van der Waals surface area contributed by atoms with Crippen LogP contribution in [0.25, 0.3) is 0 Å². The lowest BCUT2D eigenvalue weighted by Gasteiger charge is -2.16. The summed E-state index contributed by atoms with van der Waals surface area (Å²) in [7, 11) is 0. The Bertz CT molecular complexity index is 482. The highest BCUT2D eigenvalue weighted by Crippen LogP contribution is 2.29. The molecule has 1 aromatic rings. The summed E-state index contributed by atoms with van der Waals surface area (Å²) in [4.78, 5) is 12.1. The van der Waals surface area contributed by atoms with Gasteiger partial charge in [-0.1, -0.05) is 37.6 Å². The van der Waals surface area contributed by atoms with E-state index in [4.69, 9.17) is 0 Å². The maximum atomic E-state index is 12.1. The minimum Gasteiger partial charge on any atom is -0.298 e. The molecule has 0 fully saturated rings. The lowest BCUT2D eigenvalue weighted by atomic mass is 10.1. The number of nitrogens with one attached hydrogen (secondary N) is 2. The van der Waals surface area contributed by atoms with E-state index in [1.165, 1.54) is 29.7 Å². The van der Waals surface area contributed by atoms with Gasteiger partial charge in [-0.2, -0.15) is 23.5 Å². The second-order valence-corrected chi connectivity index (χ2v) is 8.27. The van der Waals surface area contributed by atoms with Crippen molar-refractivity contribution in [2.24, 2.45) is 0 Å². The van der Waals surface area contributed by atoms with E-state index in [-0.39, 0.29) is 0 Å². The van der Waals surface area contributed by atoms with E-state index >= 15 is 0 Å². The second-order valence-electron chi connectivity index (χ2n) is 5.88.